The van der Waals surface area contributed by atoms with Crippen molar-refractivity contribution >= 4 is 10.0 Å². The van der Waals surface area contributed by atoms with Crippen LogP contribution in [0.4, 0.5) is 0 Å². The normalized spacial score (nSPS) is 23.4. The van der Waals surface area contributed by atoms with Crippen LogP contribution in [0.2, 0.25) is 0 Å². The van der Waals surface area contributed by atoms with Crippen molar-refractivity contribution in [2.75, 3.05) is 0 Å². The van der Waals surface area contributed by atoms with Crippen molar-refractivity contribution in [3.8, 4) is 0 Å². The minimum Gasteiger partial charge on any atom is -0.447 e. The van der Waals surface area contributed by atoms with E-state index in [1.165, 1.54) is 6.07 Å². The molecule has 5 nitrogen and oxygen atoms in total. The Labute approximate surface area is 114 Å². The van der Waals surface area contributed by atoms with Gasteiger partial charge in [0.05, 0.1) is 6.54 Å². The standard InChI is InChI=1S/C13H22N2O3S/c1-13(2)8-4-3-5-11(13)15-19(16,17)12-7-6-10(9-14)18-12/h6-7,11,15H,3-5,8-9,14H2,1-2H3. The van der Waals surface area contributed by atoms with E-state index in [-0.39, 0.29) is 23.1 Å². The Hall–Kier alpha value is -0.850. The smallest absolute Gasteiger partial charge is 0.274 e. The highest BCUT2D eigenvalue weighted by Crippen LogP contribution is 2.36. The van der Waals surface area contributed by atoms with Crippen molar-refractivity contribution in [3.63, 3.8) is 0 Å². The molecule has 0 spiro atoms. The van der Waals surface area contributed by atoms with Gasteiger partial charge in [0.1, 0.15) is 5.76 Å². The molecule has 0 radical (unpaired) electrons. The zero-order chi connectivity index (χ0) is 14.1. The minimum absolute atomic E-state index is 0.0192. The fourth-order valence-corrected chi connectivity index (χ4v) is 3.96. The van der Waals surface area contributed by atoms with Crippen molar-refractivity contribution in [1.29, 1.82) is 0 Å². The van der Waals surface area contributed by atoms with Gasteiger partial charge in [-0.15, -0.1) is 0 Å². The Bertz CT molecular complexity index is 534. The molecular formula is C13H22N2O3S. The molecule has 1 fully saturated rings. The largest absolute Gasteiger partial charge is 0.447 e. The van der Waals surface area contributed by atoms with Crippen LogP contribution in [0.15, 0.2) is 21.6 Å². The Morgan fingerprint density at radius 1 is 1.42 bits per heavy atom. The van der Waals surface area contributed by atoms with Crippen molar-refractivity contribution in [1.82, 2.24) is 4.72 Å². The molecule has 1 aliphatic carbocycles. The lowest BCUT2D eigenvalue weighted by Gasteiger charge is -2.38. The van der Waals surface area contributed by atoms with Gasteiger partial charge in [-0.2, -0.15) is 0 Å². The summed E-state index contributed by atoms with van der Waals surface area (Å²) in [6.07, 6.45) is 4.12. The SMILES string of the molecule is CC1(C)CCCCC1NS(=O)(=O)c1ccc(CN)o1. The van der Waals surface area contributed by atoms with Crippen LogP contribution in [-0.4, -0.2) is 14.5 Å². The van der Waals surface area contributed by atoms with Crippen molar-refractivity contribution in [2.45, 2.75) is 57.2 Å². The maximum Gasteiger partial charge on any atom is 0.274 e. The zero-order valence-electron chi connectivity index (χ0n) is 11.5. The molecule has 6 heteroatoms. The maximum absolute atomic E-state index is 12.3. The molecule has 1 aromatic rings. The van der Waals surface area contributed by atoms with Crippen molar-refractivity contribution < 1.29 is 12.8 Å². The summed E-state index contributed by atoms with van der Waals surface area (Å²) in [5.41, 5.74) is 5.41. The molecule has 19 heavy (non-hydrogen) atoms. The van der Waals surface area contributed by atoms with Crippen molar-refractivity contribution in [2.24, 2.45) is 11.1 Å². The highest BCUT2D eigenvalue weighted by molar-refractivity contribution is 7.89. The molecule has 0 bridgehead atoms. The zero-order valence-corrected chi connectivity index (χ0v) is 12.3. The first-order valence-electron chi connectivity index (χ1n) is 6.66. The molecule has 1 heterocycles. The number of nitrogens with two attached hydrogens (primary N) is 1. The predicted octanol–water partition coefficient (Wildman–Crippen LogP) is 1.99. The van der Waals surface area contributed by atoms with Crippen LogP contribution in [0.1, 0.15) is 45.3 Å². The monoisotopic (exact) mass is 286 g/mol. The Kier molecular flexibility index (Phi) is 4.03. The number of sulfonamides is 1. The second kappa shape index (κ2) is 5.26. The summed E-state index contributed by atoms with van der Waals surface area (Å²) >= 11 is 0. The average molecular weight is 286 g/mol. The molecule has 108 valence electrons. The number of furan rings is 1. The first-order valence-corrected chi connectivity index (χ1v) is 8.14. The van der Waals surface area contributed by atoms with Gasteiger partial charge in [-0.1, -0.05) is 26.7 Å². The van der Waals surface area contributed by atoms with Crippen LogP contribution in [0, 0.1) is 5.41 Å². The van der Waals surface area contributed by atoms with Crippen LogP contribution >= 0.6 is 0 Å². The Balaban J connectivity index is 2.16. The summed E-state index contributed by atoms with van der Waals surface area (Å²) in [5.74, 6) is 0.475. The molecule has 0 saturated heterocycles. The summed E-state index contributed by atoms with van der Waals surface area (Å²) in [4.78, 5) is 0. The van der Waals surface area contributed by atoms with Gasteiger partial charge >= 0.3 is 0 Å². The predicted molar refractivity (Wildman–Crippen MR) is 73.0 cm³/mol. The van der Waals surface area contributed by atoms with E-state index >= 15 is 0 Å². The first kappa shape index (κ1) is 14.6. The lowest BCUT2D eigenvalue weighted by molar-refractivity contribution is 0.187. The third kappa shape index (κ3) is 3.19. The van der Waals surface area contributed by atoms with Gasteiger partial charge in [0.2, 0.25) is 5.09 Å². The van der Waals surface area contributed by atoms with Gasteiger partial charge in [-0.05, 0) is 30.4 Å². The lowest BCUT2D eigenvalue weighted by atomic mass is 9.74. The van der Waals surface area contributed by atoms with Crippen LogP contribution in [0.5, 0.6) is 0 Å². The molecule has 1 aliphatic rings. The molecule has 2 rings (SSSR count). The molecule has 3 N–H and O–H groups in total. The molecule has 0 aromatic carbocycles. The molecule has 0 aliphatic heterocycles. The highest BCUT2D eigenvalue weighted by atomic mass is 32.2. The molecule has 1 saturated carbocycles. The van der Waals surface area contributed by atoms with Crippen LogP contribution in [0.25, 0.3) is 0 Å². The molecule has 1 aromatic heterocycles. The van der Waals surface area contributed by atoms with Crippen molar-refractivity contribution in [3.05, 3.63) is 17.9 Å². The van der Waals surface area contributed by atoms with E-state index in [0.29, 0.717) is 5.76 Å². The van der Waals surface area contributed by atoms with E-state index in [9.17, 15) is 8.42 Å². The summed E-state index contributed by atoms with van der Waals surface area (Å²) in [6.45, 7) is 4.41. The van der Waals surface area contributed by atoms with Crippen LogP contribution in [-0.2, 0) is 16.6 Å². The summed E-state index contributed by atoms with van der Waals surface area (Å²) in [5, 5.41) is -0.0469. The van der Waals surface area contributed by atoms with E-state index < -0.39 is 10.0 Å². The average Bonchev–Trinajstić information content (AvgIpc) is 2.81. The van der Waals surface area contributed by atoms with Crippen LogP contribution in [0.3, 0.4) is 0 Å². The first-order chi connectivity index (χ1) is 8.85. The molecule has 0 amide bonds. The lowest BCUT2D eigenvalue weighted by Crippen LogP contribution is -2.46. The molecule has 1 atom stereocenters. The number of hydrogen-bond acceptors (Lipinski definition) is 4. The van der Waals surface area contributed by atoms with Gasteiger partial charge in [0, 0.05) is 6.04 Å². The molecular weight excluding hydrogens is 264 g/mol. The number of hydrogen-bond donors (Lipinski definition) is 2. The van der Waals surface area contributed by atoms with E-state index in [2.05, 4.69) is 18.6 Å². The third-order valence-electron chi connectivity index (χ3n) is 3.91. The summed E-state index contributed by atoms with van der Waals surface area (Å²) in [6, 6.07) is 3.01. The van der Waals surface area contributed by atoms with Gasteiger partial charge in [-0.25, -0.2) is 13.1 Å². The van der Waals surface area contributed by atoms with Gasteiger partial charge in [-0.3, -0.25) is 0 Å². The van der Waals surface area contributed by atoms with E-state index in [1.54, 1.807) is 6.07 Å². The number of rotatable bonds is 4. The Morgan fingerprint density at radius 2 is 2.16 bits per heavy atom. The summed E-state index contributed by atoms with van der Waals surface area (Å²) in [7, 11) is -3.59. The second-order valence-corrected chi connectivity index (χ2v) is 7.48. The third-order valence-corrected chi connectivity index (χ3v) is 5.25. The van der Waals surface area contributed by atoms with E-state index in [1.807, 2.05) is 0 Å². The second-order valence-electron chi connectivity index (χ2n) is 5.83. The summed E-state index contributed by atoms with van der Waals surface area (Å²) < 4.78 is 32.6. The fourth-order valence-electron chi connectivity index (χ4n) is 2.57. The van der Waals surface area contributed by atoms with Gasteiger partial charge in [0.25, 0.3) is 10.0 Å². The van der Waals surface area contributed by atoms with Gasteiger partial charge < -0.3 is 10.2 Å². The quantitative estimate of drug-likeness (QED) is 0.886. The van der Waals surface area contributed by atoms with E-state index in [4.69, 9.17) is 10.2 Å². The topological polar surface area (TPSA) is 85.3 Å². The minimum atomic E-state index is -3.59. The number of nitrogens with one attached hydrogen (secondary N) is 1. The maximum atomic E-state index is 12.3. The molecule has 1 unspecified atom stereocenters. The Morgan fingerprint density at radius 3 is 2.74 bits per heavy atom. The fraction of sp³-hybridized carbons (Fsp3) is 0.692. The van der Waals surface area contributed by atoms with Gasteiger partial charge in [0.15, 0.2) is 0 Å². The van der Waals surface area contributed by atoms with E-state index in [0.717, 1.165) is 25.7 Å². The highest BCUT2D eigenvalue weighted by Gasteiger charge is 2.36. The van der Waals surface area contributed by atoms with Crippen LogP contribution < -0.4 is 10.5 Å².